The molecule has 0 N–H and O–H groups in total. The summed E-state index contributed by atoms with van der Waals surface area (Å²) >= 11 is 5.54. The first kappa shape index (κ1) is 9.33. The number of alkyl halides is 1. The Morgan fingerprint density at radius 2 is 2.42 bits per heavy atom. The van der Waals surface area contributed by atoms with E-state index in [0.29, 0.717) is 5.88 Å². The Hall–Kier alpha value is -0.760. The number of hydrogen-bond acceptors (Lipinski definition) is 1. The molecule has 0 aliphatic heterocycles. The van der Waals surface area contributed by atoms with Crippen molar-refractivity contribution in [2.24, 2.45) is 7.05 Å². The monoisotopic (exact) mass is 184 g/mol. The average Bonchev–Trinajstić information content (AvgIpc) is 2.31. The number of aryl methyl sites for hydroxylation is 2. The summed E-state index contributed by atoms with van der Waals surface area (Å²) in [5.41, 5.74) is 2.23. The van der Waals surface area contributed by atoms with Gasteiger partial charge in [-0.3, -0.25) is 4.68 Å². The minimum absolute atomic E-state index is 0.676. The molecule has 1 rings (SSSR count). The summed E-state index contributed by atoms with van der Waals surface area (Å²) in [7, 11) is 1.92. The molecule has 3 heteroatoms. The molecule has 2 nitrogen and oxygen atoms in total. The molecule has 0 saturated carbocycles. The van der Waals surface area contributed by atoms with E-state index in [1.807, 2.05) is 24.9 Å². The summed E-state index contributed by atoms with van der Waals surface area (Å²) in [4.78, 5) is 0. The number of aromatic nitrogens is 2. The van der Waals surface area contributed by atoms with E-state index < -0.39 is 0 Å². The molecule has 0 atom stereocenters. The highest BCUT2D eigenvalue weighted by molar-refractivity contribution is 6.17. The predicted octanol–water partition coefficient (Wildman–Crippen LogP) is 2.37. The molecule has 1 aromatic rings. The largest absolute Gasteiger partial charge is 0.275 e. The van der Waals surface area contributed by atoms with Gasteiger partial charge in [-0.2, -0.15) is 5.10 Å². The molecule has 0 saturated heterocycles. The molecular formula is C9H13ClN2. The van der Waals surface area contributed by atoms with Crippen molar-refractivity contribution in [3.63, 3.8) is 0 Å². The molecule has 0 fully saturated rings. The third-order valence-corrected chi connectivity index (χ3v) is 1.84. The fraction of sp³-hybridized carbons (Fsp3) is 0.444. The van der Waals surface area contributed by atoms with Crippen LogP contribution in [0.4, 0.5) is 0 Å². The fourth-order valence-electron chi connectivity index (χ4n) is 1.05. The Morgan fingerprint density at radius 1 is 1.67 bits per heavy atom. The van der Waals surface area contributed by atoms with E-state index in [0.717, 1.165) is 12.1 Å². The third kappa shape index (κ3) is 2.38. The van der Waals surface area contributed by atoms with Crippen LogP contribution in [0.3, 0.4) is 0 Å². The van der Waals surface area contributed by atoms with Crippen molar-refractivity contribution in [2.45, 2.75) is 13.3 Å². The maximum Gasteiger partial charge on any atom is 0.0665 e. The van der Waals surface area contributed by atoms with Crippen LogP contribution in [0.2, 0.25) is 0 Å². The van der Waals surface area contributed by atoms with Gasteiger partial charge in [0.05, 0.1) is 5.69 Å². The standard InChI is InChI=1S/C9H13ClN2/c1-8-9(5-3-4-6-10)7-12(2)11-8/h3,5,7H,4,6H2,1-2H3/b5-3+. The SMILES string of the molecule is Cc1nn(C)cc1/C=C/CCCl. The van der Waals surface area contributed by atoms with Crippen molar-refractivity contribution in [3.8, 4) is 0 Å². The third-order valence-electron chi connectivity index (χ3n) is 1.62. The lowest BCUT2D eigenvalue weighted by Gasteiger charge is -1.85. The lowest BCUT2D eigenvalue weighted by Crippen LogP contribution is -1.86. The van der Waals surface area contributed by atoms with E-state index in [-0.39, 0.29) is 0 Å². The van der Waals surface area contributed by atoms with E-state index in [9.17, 15) is 0 Å². The van der Waals surface area contributed by atoms with Crippen molar-refractivity contribution >= 4 is 17.7 Å². The Labute approximate surface area is 77.8 Å². The summed E-state index contributed by atoms with van der Waals surface area (Å²) in [5.74, 6) is 0.676. The minimum Gasteiger partial charge on any atom is -0.275 e. The van der Waals surface area contributed by atoms with Gasteiger partial charge in [-0.25, -0.2) is 0 Å². The zero-order valence-corrected chi connectivity index (χ0v) is 8.17. The van der Waals surface area contributed by atoms with Crippen LogP contribution in [-0.2, 0) is 7.05 Å². The highest BCUT2D eigenvalue weighted by Crippen LogP contribution is 2.07. The first-order valence-electron chi connectivity index (χ1n) is 3.97. The van der Waals surface area contributed by atoms with Gasteiger partial charge in [0.1, 0.15) is 0 Å². The van der Waals surface area contributed by atoms with E-state index >= 15 is 0 Å². The van der Waals surface area contributed by atoms with Gasteiger partial charge in [0, 0.05) is 24.7 Å². The van der Waals surface area contributed by atoms with Crippen LogP contribution in [-0.4, -0.2) is 15.7 Å². The Kier molecular flexibility index (Phi) is 3.35. The maximum atomic E-state index is 5.54. The number of halogens is 1. The van der Waals surface area contributed by atoms with Gasteiger partial charge in [-0.05, 0) is 13.3 Å². The summed E-state index contributed by atoms with van der Waals surface area (Å²) in [5, 5.41) is 4.22. The molecule has 0 bridgehead atoms. The van der Waals surface area contributed by atoms with Crippen LogP contribution in [0.25, 0.3) is 6.08 Å². The summed E-state index contributed by atoms with van der Waals surface area (Å²) in [6.07, 6.45) is 7.04. The summed E-state index contributed by atoms with van der Waals surface area (Å²) < 4.78 is 1.82. The van der Waals surface area contributed by atoms with Gasteiger partial charge >= 0.3 is 0 Å². The smallest absolute Gasteiger partial charge is 0.0665 e. The van der Waals surface area contributed by atoms with Crippen molar-refractivity contribution in [2.75, 3.05) is 5.88 Å². The fourth-order valence-corrected chi connectivity index (χ4v) is 1.18. The van der Waals surface area contributed by atoms with Gasteiger partial charge in [0.25, 0.3) is 0 Å². The van der Waals surface area contributed by atoms with Crippen molar-refractivity contribution in [1.82, 2.24) is 9.78 Å². The molecule has 12 heavy (non-hydrogen) atoms. The predicted molar refractivity (Wildman–Crippen MR) is 52.3 cm³/mol. The lowest BCUT2D eigenvalue weighted by molar-refractivity contribution is 0.756. The molecular weight excluding hydrogens is 172 g/mol. The molecule has 0 unspecified atom stereocenters. The molecule has 0 spiro atoms. The second-order valence-electron chi connectivity index (χ2n) is 2.72. The quantitative estimate of drug-likeness (QED) is 0.660. The van der Waals surface area contributed by atoms with Crippen molar-refractivity contribution in [3.05, 3.63) is 23.5 Å². The first-order chi connectivity index (χ1) is 5.74. The number of allylic oxidation sites excluding steroid dienone is 1. The number of rotatable bonds is 3. The molecule has 0 aromatic carbocycles. The second-order valence-corrected chi connectivity index (χ2v) is 3.10. The van der Waals surface area contributed by atoms with Crippen LogP contribution in [0.1, 0.15) is 17.7 Å². The van der Waals surface area contributed by atoms with Crippen LogP contribution in [0.5, 0.6) is 0 Å². The molecule has 0 aliphatic carbocycles. The van der Waals surface area contributed by atoms with Crippen LogP contribution < -0.4 is 0 Å². The highest BCUT2D eigenvalue weighted by Gasteiger charge is 1.96. The Bertz CT molecular complexity index is 276. The minimum atomic E-state index is 0.676. The topological polar surface area (TPSA) is 17.8 Å². The molecule has 0 aliphatic rings. The normalized spacial score (nSPS) is 11.2. The van der Waals surface area contributed by atoms with E-state index in [1.54, 1.807) is 0 Å². The molecule has 1 aromatic heterocycles. The zero-order chi connectivity index (χ0) is 8.97. The van der Waals surface area contributed by atoms with Gasteiger partial charge in [0.2, 0.25) is 0 Å². The number of hydrogen-bond donors (Lipinski definition) is 0. The van der Waals surface area contributed by atoms with Gasteiger partial charge in [-0.1, -0.05) is 12.2 Å². The average molecular weight is 185 g/mol. The summed E-state index contributed by atoms with van der Waals surface area (Å²) in [6, 6.07) is 0. The number of nitrogens with zero attached hydrogens (tertiary/aromatic N) is 2. The van der Waals surface area contributed by atoms with Gasteiger partial charge < -0.3 is 0 Å². The van der Waals surface area contributed by atoms with Crippen molar-refractivity contribution < 1.29 is 0 Å². The molecule has 66 valence electrons. The van der Waals surface area contributed by atoms with Crippen LogP contribution in [0, 0.1) is 6.92 Å². The van der Waals surface area contributed by atoms with Crippen LogP contribution >= 0.6 is 11.6 Å². The Morgan fingerprint density at radius 3 is 2.92 bits per heavy atom. The molecule has 0 amide bonds. The molecule has 1 heterocycles. The van der Waals surface area contributed by atoms with E-state index in [4.69, 9.17) is 11.6 Å². The Balaban J connectivity index is 2.68. The zero-order valence-electron chi connectivity index (χ0n) is 7.42. The molecule has 0 radical (unpaired) electrons. The second kappa shape index (κ2) is 4.31. The maximum absolute atomic E-state index is 5.54. The van der Waals surface area contributed by atoms with E-state index in [1.165, 1.54) is 5.56 Å². The van der Waals surface area contributed by atoms with Crippen LogP contribution in [0.15, 0.2) is 12.3 Å². The van der Waals surface area contributed by atoms with Crippen molar-refractivity contribution in [1.29, 1.82) is 0 Å². The van der Waals surface area contributed by atoms with E-state index in [2.05, 4.69) is 17.3 Å². The first-order valence-corrected chi connectivity index (χ1v) is 4.50. The van der Waals surface area contributed by atoms with Gasteiger partial charge in [-0.15, -0.1) is 11.6 Å². The summed E-state index contributed by atoms with van der Waals surface area (Å²) in [6.45, 7) is 2.00. The highest BCUT2D eigenvalue weighted by atomic mass is 35.5. The van der Waals surface area contributed by atoms with Gasteiger partial charge in [0.15, 0.2) is 0 Å². The lowest BCUT2D eigenvalue weighted by atomic mass is 10.2.